The minimum atomic E-state index is -0.336. The first kappa shape index (κ1) is 22.9. The minimum Gasteiger partial charge on any atom is -0.382 e. The van der Waals surface area contributed by atoms with Gasteiger partial charge in [-0.25, -0.2) is 4.39 Å². The normalized spacial score (nSPS) is 11.3. The van der Waals surface area contributed by atoms with Crippen LogP contribution >= 0.6 is 0 Å². The van der Waals surface area contributed by atoms with E-state index in [0.29, 0.717) is 51.0 Å². The van der Waals surface area contributed by atoms with Gasteiger partial charge in [0.05, 0.1) is 19.6 Å². The van der Waals surface area contributed by atoms with Crippen LogP contribution in [-0.4, -0.2) is 65.0 Å². The van der Waals surface area contributed by atoms with Gasteiger partial charge in [-0.1, -0.05) is 12.1 Å². The van der Waals surface area contributed by atoms with E-state index in [4.69, 9.17) is 9.47 Å². The highest BCUT2D eigenvalue weighted by atomic mass is 19.1. The van der Waals surface area contributed by atoms with Crippen molar-refractivity contribution >= 4 is 11.9 Å². The van der Waals surface area contributed by atoms with Crippen LogP contribution in [0.1, 0.15) is 18.9 Å². The molecular weight excluding hydrogens is 351 g/mol. The summed E-state index contributed by atoms with van der Waals surface area (Å²) in [5.74, 6) is 0.226. The SMILES string of the molecule is CCNC(=NCCCOCCOC)NCCNC(=O)Cc1cccc(F)c1. The summed E-state index contributed by atoms with van der Waals surface area (Å²) in [6.07, 6.45) is 0.986. The van der Waals surface area contributed by atoms with E-state index in [1.54, 1.807) is 19.2 Å². The van der Waals surface area contributed by atoms with Gasteiger partial charge in [-0.3, -0.25) is 9.79 Å². The van der Waals surface area contributed by atoms with Crippen molar-refractivity contribution in [2.45, 2.75) is 19.8 Å². The molecule has 7 nitrogen and oxygen atoms in total. The molecular formula is C19H31FN4O3. The fourth-order valence-corrected chi connectivity index (χ4v) is 2.22. The molecule has 0 fully saturated rings. The standard InChI is InChI=1S/C19H31FN4O3/c1-3-21-19(23-8-5-11-27-13-12-26-2)24-10-9-22-18(25)15-16-6-4-7-17(20)14-16/h4,6-7,14H,3,5,8-13,15H2,1-2H3,(H,22,25)(H2,21,23,24). The topological polar surface area (TPSA) is 84.0 Å². The third kappa shape index (κ3) is 11.9. The van der Waals surface area contributed by atoms with Crippen molar-refractivity contribution in [2.75, 3.05) is 53.1 Å². The largest absolute Gasteiger partial charge is 0.382 e. The van der Waals surface area contributed by atoms with Gasteiger partial charge >= 0.3 is 0 Å². The molecule has 0 unspecified atom stereocenters. The predicted molar refractivity (Wildman–Crippen MR) is 104 cm³/mol. The first-order valence-corrected chi connectivity index (χ1v) is 9.25. The fourth-order valence-electron chi connectivity index (χ4n) is 2.22. The summed E-state index contributed by atoms with van der Waals surface area (Å²) in [5.41, 5.74) is 0.656. The van der Waals surface area contributed by atoms with Crippen LogP contribution in [0.15, 0.2) is 29.3 Å². The highest BCUT2D eigenvalue weighted by Crippen LogP contribution is 2.03. The first-order valence-electron chi connectivity index (χ1n) is 9.25. The highest BCUT2D eigenvalue weighted by molar-refractivity contribution is 5.80. The summed E-state index contributed by atoms with van der Waals surface area (Å²) in [7, 11) is 1.64. The zero-order valence-corrected chi connectivity index (χ0v) is 16.2. The third-order valence-electron chi connectivity index (χ3n) is 3.49. The van der Waals surface area contributed by atoms with Gasteiger partial charge < -0.3 is 25.4 Å². The van der Waals surface area contributed by atoms with Crippen LogP contribution < -0.4 is 16.0 Å². The molecule has 0 spiro atoms. The lowest BCUT2D eigenvalue weighted by atomic mass is 10.1. The van der Waals surface area contributed by atoms with Crippen LogP contribution in [0.2, 0.25) is 0 Å². The van der Waals surface area contributed by atoms with Crippen LogP contribution in [0.3, 0.4) is 0 Å². The van der Waals surface area contributed by atoms with Crippen LogP contribution in [0, 0.1) is 5.82 Å². The third-order valence-corrected chi connectivity index (χ3v) is 3.49. The fraction of sp³-hybridized carbons (Fsp3) is 0.579. The smallest absolute Gasteiger partial charge is 0.224 e. The average molecular weight is 382 g/mol. The Bertz CT molecular complexity index is 570. The van der Waals surface area contributed by atoms with Crippen LogP contribution in [0.4, 0.5) is 4.39 Å². The lowest BCUT2D eigenvalue weighted by Gasteiger charge is -2.12. The lowest BCUT2D eigenvalue weighted by Crippen LogP contribution is -2.41. The van der Waals surface area contributed by atoms with Gasteiger partial charge in [0.1, 0.15) is 5.82 Å². The molecule has 0 saturated carbocycles. The Balaban J connectivity index is 2.19. The number of nitrogens with one attached hydrogen (secondary N) is 3. The van der Waals surface area contributed by atoms with Gasteiger partial charge in [0.15, 0.2) is 5.96 Å². The molecule has 0 radical (unpaired) electrons. The van der Waals surface area contributed by atoms with E-state index < -0.39 is 0 Å². The number of carbonyl (C=O) groups is 1. The zero-order chi connectivity index (χ0) is 19.7. The number of nitrogens with zero attached hydrogens (tertiary/aromatic N) is 1. The van der Waals surface area contributed by atoms with Crippen molar-refractivity contribution in [3.63, 3.8) is 0 Å². The van der Waals surface area contributed by atoms with Gasteiger partial charge in [-0.05, 0) is 31.0 Å². The number of aliphatic imine (C=N–C) groups is 1. The number of hydrogen-bond acceptors (Lipinski definition) is 4. The van der Waals surface area contributed by atoms with Gasteiger partial charge in [-0.15, -0.1) is 0 Å². The molecule has 8 heteroatoms. The Morgan fingerprint density at radius 1 is 1.15 bits per heavy atom. The number of guanidine groups is 1. The van der Waals surface area contributed by atoms with Crippen molar-refractivity contribution in [3.8, 4) is 0 Å². The molecule has 3 N–H and O–H groups in total. The number of hydrogen-bond donors (Lipinski definition) is 3. The summed E-state index contributed by atoms with van der Waals surface area (Å²) in [5, 5.41) is 9.12. The molecule has 0 saturated heterocycles. The number of halogens is 1. The van der Waals surface area contributed by atoms with Crippen molar-refractivity contribution in [1.29, 1.82) is 0 Å². The maximum Gasteiger partial charge on any atom is 0.224 e. The average Bonchev–Trinajstić information content (AvgIpc) is 2.64. The van der Waals surface area contributed by atoms with Gasteiger partial charge in [0.25, 0.3) is 0 Å². The summed E-state index contributed by atoms with van der Waals surface area (Å²) in [6.45, 7) is 6.22. The maximum atomic E-state index is 13.1. The molecule has 0 bridgehead atoms. The molecule has 1 amide bonds. The van der Waals surface area contributed by atoms with E-state index in [1.807, 2.05) is 6.92 Å². The summed E-state index contributed by atoms with van der Waals surface area (Å²) >= 11 is 0. The van der Waals surface area contributed by atoms with Crippen molar-refractivity contribution in [1.82, 2.24) is 16.0 Å². The van der Waals surface area contributed by atoms with E-state index in [9.17, 15) is 9.18 Å². The molecule has 0 aliphatic carbocycles. The summed E-state index contributed by atoms with van der Waals surface area (Å²) in [6, 6.07) is 6.06. The second-order valence-electron chi connectivity index (χ2n) is 5.80. The van der Waals surface area contributed by atoms with Crippen LogP contribution in [-0.2, 0) is 20.7 Å². The molecule has 0 aliphatic heterocycles. The Morgan fingerprint density at radius 3 is 2.70 bits per heavy atom. The van der Waals surface area contributed by atoms with Gasteiger partial charge in [0.2, 0.25) is 5.91 Å². The molecule has 0 heterocycles. The highest BCUT2D eigenvalue weighted by Gasteiger charge is 2.04. The number of amides is 1. The Morgan fingerprint density at radius 2 is 1.96 bits per heavy atom. The van der Waals surface area contributed by atoms with Crippen LogP contribution in [0.25, 0.3) is 0 Å². The van der Waals surface area contributed by atoms with Crippen molar-refractivity contribution < 1.29 is 18.7 Å². The maximum absolute atomic E-state index is 13.1. The molecule has 0 atom stereocenters. The van der Waals surface area contributed by atoms with E-state index in [-0.39, 0.29) is 18.1 Å². The van der Waals surface area contributed by atoms with Gasteiger partial charge in [-0.2, -0.15) is 0 Å². The molecule has 27 heavy (non-hydrogen) atoms. The molecule has 152 valence electrons. The van der Waals surface area contributed by atoms with Crippen LogP contribution in [0.5, 0.6) is 0 Å². The minimum absolute atomic E-state index is 0.141. The summed E-state index contributed by atoms with van der Waals surface area (Å²) < 4.78 is 23.4. The van der Waals surface area contributed by atoms with Gasteiger partial charge in [0, 0.05) is 39.9 Å². The molecule has 1 rings (SSSR count). The number of methoxy groups -OCH3 is 1. The molecule has 0 aliphatic rings. The van der Waals surface area contributed by atoms with Crippen molar-refractivity contribution in [2.24, 2.45) is 4.99 Å². The second-order valence-corrected chi connectivity index (χ2v) is 5.80. The zero-order valence-electron chi connectivity index (χ0n) is 16.2. The number of ether oxygens (including phenoxy) is 2. The summed E-state index contributed by atoms with van der Waals surface area (Å²) in [4.78, 5) is 16.3. The van der Waals surface area contributed by atoms with E-state index >= 15 is 0 Å². The first-order chi connectivity index (χ1) is 13.2. The molecule has 1 aromatic carbocycles. The second kappa shape index (κ2) is 14.9. The number of carbonyl (C=O) groups excluding carboxylic acids is 1. The Hall–Kier alpha value is -2.19. The quantitative estimate of drug-likeness (QED) is 0.270. The lowest BCUT2D eigenvalue weighted by molar-refractivity contribution is -0.120. The number of benzene rings is 1. The van der Waals surface area contributed by atoms with Crippen molar-refractivity contribution in [3.05, 3.63) is 35.6 Å². The Labute approximate surface area is 160 Å². The van der Waals surface area contributed by atoms with E-state index in [1.165, 1.54) is 12.1 Å². The van der Waals surface area contributed by atoms with E-state index in [0.717, 1.165) is 13.0 Å². The predicted octanol–water partition coefficient (Wildman–Crippen LogP) is 1.09. The van der Waals surface area contributed by atoms with E-state index in [2.05, 4.69) is 20.9 Å². The Kier molecular flexibility index (Phi) is 12.6. The molecule has 1 aromatic rings. The monoisotopic (exact) mass is 382 g/mol. The number of rotatable bonds is 13. The molecule has 0 aromatic heterocycles.